The molecule has 4 nitrogen and oxygen atoms in total. The normalized spacial score (nSPS) is 20.6. The third-order valence-electron chi connectivity index (χ3n) is 2.90. The van der Waals surface area contributed by atoms with Crippen LogP contribution in [0.5, 0.6) is 0 Å². The Morgan fingerprint density at radius 2 is 2.50 bits per heavy atom. The predicted octanol–water partition coefficient (Wildman–Crippen LogP) is 1.75. The first-order chi connectivity index (χ1) is 7.83. The van der Waals surface area contributed by atoms with Crippen LogP contribution in [0, 0.1) is 0 Å². The molecule has 1 unspecified atom stereocenters. The first-order valence-corrected chi connectivity index (χ1v) is 6.58. The second-order valence-corrected chi connectivity index (χ2v) is 5.52. The summed E-state index contributed by atoms with van der Waals surface area (Å²) in [5.41, 5.74) is 7.78. The lowest BCUT2D eigenvalue weighted by molar-refractivity contribution is 0.754. The van der Waals surface area contributed by atoms with Crippen molar-refractivity contribution >= 4 is 23.2 Å². The maximum absolute atomic E-state index is 5.83. The van der Waals surface area contributed by atoms with Crippen molar-refractivity contribution in [2.24, 2.45) is 0 Å². The fourth-order valence-corrected chi connectivity index (χ4v) is 3.39. The van der Waals surface area contributed by atoms with Gasteiger partial charge in [0.15, 0.2) is 5.65 Å². The van der Waals surface area contributed by atoms with Crippen molar-refractivity contribution in [2.75, 3.05) is 11.5 Å². The molecule has 3 rings (SSSR count). The summed E-state index contributed by atoms with van der Waals surface area (Å²) in [7, 11) is 0. The highest BCUT2D eigenvalue weighted by Crippen LogP contribution is 2.28. The van der Waals surface area contributed by atoms with Crippen LogP contribution in [0.1, 0.15) is 18.5 Å². The first-order valence-electron chi connectivity index (χ1n) is 5.54. The van der Waals surface area contributed by atoms with Gasteiger partial charge >= 0.3 is 0 Å². The minimum atomic E-state index is 0.648. The van der Waals surface area contributed by atoms with E-state index in [0.29, 0.717) is 5.82 Å². The summed E-state index contributed by atoms with van der Waals surface area (Å²) in [6.45, 7) is 0. The lowest BCUT2D eigenvalue weighted by atomic mass is 10.1. The average Bonchev–Trinajstić information content (AvgIpc) is 2.88. The number of nitrogens with zero attached hydrogens (tertiary/aromatic N) is 3. The van der Waals surface area contributed by atoms with Crippen molar-refractivity contribution in [3.8, 4) is 0 Å². The maximum Gasteiger partial charge on any atom is 0.157 e. The molecule has 0 radical (unpaired) electrons. The fraction of sp³-hybridized carbons (Fsp3) is 0.455. The summed E-state index contributed by atoms with van der Waals surface area (Å²) >= 11 is 2.05. The van der Waals surface area contributed by atoms with Gasteiger partial charge in [0, 0.05) is 23.9 Å². The minimum Gasteiger partial charge on any atom is -0.384 e. The maximum atomic E-state index is 5.83. The fourth-order valence-electron chi connectivity index (χ4n) is 2.10. The minimum absolute atomic E-state index is 0.648. The van der Waals surface area contributed by atoms with Crippen LogP contribution in [0.2, 0.25) is 0 Å². The van der Waals surface area contributed by atoms with E-state index in [0.717, 1.165) is 23.0 Å². The Morgan fingerprint density at radius 1 is 1.56 bits per heavy atom. The van der Waals surface area contributed by atoms with Crippen molar-refractivity contribution in [1.29, 1.82) is 0 Å². The molecule has 1 fully saturated rings. The number of rotatable bonds is 2. The molecule has 2 aromatic heterocycles. The molecule has 0 amide bonds. The van der Waals surface area contributed by atoms with Crippen molar-refractivity contribution in [3.63, 3.8) is 0 Å². The van der Waals surface area contributed by atoms with Gasteiger partial charge in [-0.3, -0.25) is 0 Å². The second-order valence-electron chi connectivity index (χ2n) is 4.11. The summed E-state index contributed by atoms with van der Waals surface area (Å²) in [4.78, 5) is 4.25. The van der Waals surface area contributed by atoms with Crippen LogP contribution < -0.4 is 5.73 Å². The third-order valence-corrected chi connectivity index (χ3v) is 4.30. The van der Waals surface area contributed by atoms with E-state index >= 15 is 0 Å². The Labute approximate surface area is 98.2 Å². The predicted molar refractivity (Wildman–Crippen MR) is 66.6 cm³/mol. The van der Waals surface area contributed by atoms with E-state index in [1.807, 2.05) is 6.07 Å². The number of fused-ring (bicyclic) bond motifs is 1. The zero-order chi connectivity index (χ0) is 11.0. The summed E-state index contributed by atoms with van der Waals surface area (Å²) in [5.74, 6) is 1.94. The molecule has 5 heteroatoms. The van der Waals surface area contributed by atoms with Gasteiger partial charge in [0.1, 0.15) is 5.82 Å². The van der Waals surface area contributed by atoms with E-state index in [-0.39, 0.29) is 0 Å². The summed E-state index contributed by atoms with van der Waals surface area (Å²) in [6.07, 6.45) is 5.40. The zero-order valence-corrected chi connectivity index (χ0v) is 9.78. The number of thioether (sulfide) groups is 1. The van der Waals surface area contributed by atoms with Gasteiger partial charge in [-0.25, -0.2) is 4.98 Å². The largest absolute Gasteiger partial charge is 0.384 e. The zero-order valence-electron chi connectivity index (χ0n) is 8.97. The molecule has 84 valence electrons. The van der Waals surface area contributed by atoms with Gasteiger partial charge in [-0.15, -0.1) is 0 Å². The van der Waals surface area contributed by atoms with Crippen LogP contribution in [-0.2, 0) is 6.42 Å². The Balaban J connectivity index is 1.90. The molecule has 1 aliphatic heterocycles. The molecule has 0 bridgehead atoms. The van der Waals surface area contributed by atoms with Gasteiger partial charge in [-0.2, -0.15) is 21.4 Å². The smallest absolute Gasteiger partial charge is 0.157 e. The SMILES string of the molecule is Nc1ccnc2cc(CC3CCCS3)nn12. The Kier molecular flexibility index (Phi) is 2.47. The quantitative estimate of drug-likeness (QED) is 0.860. The highest BCUT2D eigenvalue weighted by molar-refractivity contribution is 8.00. The molecule has 0 aromatic carbocycles. The molecule has 1 aliphatic rings. The topological polar surface area (TPSA) is 56.2 Å². The van der Waals surface area contributed by atoms with Gasteiger partial charge in [-0.1, -0.05) is 0 Å². The highest BCUT2D eigenvalue weighted by atomic mass is 32.2. The standard InChI is InChI=1S/C11H14N4S/c12-10-3-4-13-11-7-8(14-15(10)11)6-9-2-1-5-16-9/h3-4,7,9H,1-2,5-6,12H2. The molecule has 2 aromatic rings. The number of aromatic nitrogens is 3. The molecule has 0 saturated carbocycles. The summed E-state index contributed by atoms with van der Waals surface area (Å²) in [5, 5.41) is 5.22. The Morgan fingerprint density at radius 3 is 3.25 bits per heavy atom. The second kappa shape index (κ2) is 3.97. The van der Waals surface area contributed by atoms with Gasteiger partial charge in [0.2, 0.25) is 0 Å². The van der Waals surface area contributed by atoms with Crippen molar-refractivity contribution in [1.82, 2.24) is 14.6 Å². The van der Waals surface area contributed by atoms with Gasteiger partial charge in [0.25, 0.3) is 0 Å². The molecule has 16 heavy (non-hydrogen) atoms. The number of hydrogen-bond acceptors (Lipinski definition) is 4. The molecule has 0 aliphatic carbocycles. The first kappa shape index (κ1) is 9.96. The molecule has 3 heterocycles. The Hall–Kier alpha value is -1.23. The van der Waals surface area contributed by atoms with Crippen LogP contribution in [0.15, 0.2) is 18.3 Å². The van der Waals surface area contributed by atoms with Crippen molar-refractivity contribution < 1.29 is 0 Å². The van der Waals surface area contributed by atoms with Crippen LogP contribution in [0.4, 0.5) is 5.82 Å². The van der Waals surface area contributed by atoms with E-state index in [2.05, 4.69) is 21.8 Å². The van der Waals surface area contributed by atoms with Crippen LogP contribution in [-0.4, -0.2) is 25.6 Å². The van der Waals surface area contributed by atoms with E-state index in [9.17, 15) is 0 Å². The van der Waals surface area contributed by atoms with E-state index < -0.39 is 0 Å². The van der Waals surface area contributed by atoms with E-state index in [4.69, 9.17) is 5.73 Å². The van der Waals surface area contributed by atoms with Crippen LogP contribution in [0.25, 0.3) is 5.65 Å². The molecule has 1 atom stereocenters. The lowest BCUT2D eigenvalue weighted by Crippen LogP contribution is -2.03. The monoisotopic (exact) mass is 234 g/mol. The van der Waals surface area contributed by atoms with Crippen LogP contribution >= 0.6 is 11.8 Å². The van der Waals surface area contributed by atoms with Crippen LogP contribution in [0.3, 0.4) is 0 Å². The van der Waals surface area contributed by atoms with Crippen molar-refractivity contribution in [2.45, 2.75) is 24.5 Å². The van der Waals surface area contributed by atoms with Gasteiger partial charge < -0.3 is 5.73 Å². The third kappa shape index (κ3) is 1.75. The highest BCUT2D eigenvalue weighted by Gasteiger charge is 2.17. The van der Waals surface area contributed by atoms with E-state index in [1.165, 1.54) is 18.6 Å². The summed E-state index contributed by atoms with van der Waals surface area (Å²) in [6, 6.07) is 3.81. The van der Waals surface area contributed by atoms with Gasteiger partial charge in [0.05, 0.1) is 5.69 Å². The molecule has 2 N–H and O–H groups in total. The molecular formula is C11H14N4S. The number of anilines is 1. The molecular weight excluding hydrogens is 220 g/mol. The lowest BCUT2D eigenvalue weighted by Gasteiger charge is -2.03. The number of nitrogen functional groups attached to an aromatic ring is 1. The Bertz CT molecular complexity index is 502. The summed E-state index contributed by atoms with van der Waals surface area (Å²) < 4.78 is 1.72. The van der Waals surface area contributed by atoms with Gasteiger partial charge in [-0.05, 0) is 24.7 Å². The number of hydrogen-bond donors (Lipinski definition) is 1. The van der Waals surface area contributed by atoms with Crippen molar-refractivity contribution in [3.05, 3.63) is 24.0 Å². The molecule has 0 spiro atoms. The molecule has 1 saturated heterocycles. The average molecular weight is 234 g/mol. The van der Waals surface area contributed by atoms with E-state index in [1.54, 1.807) is 16.8 Å². The number of nitrogens with two attached hydrogens (primary N) is 1.